The van der Waals surface area contributed by atoms with Crippen molar-refractivity contribution in [2.75, 3.05) is 5.32 Å². The van der Waals surface area contributed by atoms with Crippen LogP contribution in [0.3, 0.4) is 0 Å². The van der Waals surface area contributed by atoms with Crippen LogP contribution in [-0.4, -0.2) is 20.5 Å². The Morgan fingerprint density at radius 3 is 2.70 bits per heavy atom. The molecule has 0 amide bonds. The number of hydrogen-bond acceptors (Lipinski definition) is 4. The van der Waals surface area contributed by atoms with Crippen molar-refractivity contribution in [3.63, 3.8) is 0 Å². The molecule has 7 heteroatoms. The van der Waals surface area contributed by atoms with Crippen molar-refractivity contribution < 1.29 is 13.6 Å². The number of Topliss-reactive ketones (excluding diaryl/α,β-unsaturated/α-hetero) is 1. The zero-order chi connectivity index (χ0) is 16.1. The Morgan fingerprint density at radius 1 is 1.22 bits per heavy atom. The minimum absolute atomic E-state index is 0.0211. The zero-order valence-electron chi connectivity index (χ0n) is 12.4. The van der Waals surface area contributed by atoms with Crippen LogP contribution in [0.2, 0.25) is 0 Å². The molecule has 1 aromatic heterocycles. The molecule has 1 aliphatic heterocycles. The fraction of sp³-hybridized carbons (Fsp3) is 0.312. The number of halogens is 2. The number of fused-ring (bicyclic) bond motifs is 1. The lowest BCUT2D eigenvalue weighted by Crippen LogP contribution is -2.31. The van der Waals surface area contributed by atoms with Crippen LogP contribution in [-0.2, 0) is 4.79 Å². The van der Waals surface area contributed by atoms with Crippen molar-refractivity contribution in [3.8, 4) is 0 Å². The van der Waals surface area contributed by atoms with E-state index in [9.17, 15) is 13.6 Å². The van der Waals surface area contributed by atoms with E-state index < -0.39 is 17.7 Å². The molecule has 0 saturated heterocycles. The second-order valence-corrected chi connectivity index (χ2v) is 5.83. The number of nitrogens with one attached hydrogen (secondary N) is 1. The lowest BCUT2D eigenvalue weighted by Gasteiger charge is -2.32. The summed E-state index contributed by atoms with van der Waals surface area (Å²) in [7, 11) is 0. The van der Waals surface area contributed by atoms with E-state index in [2.05, 4.69) is 15.4 Å². The largest absolute Gasteiger partial charge is 0.328 e. The highest BCUT2D eigenvalue weighted by molar-refractivity contribution is 5.99. The van der Waals surface area contributed by atoms with E-state index >= 15 is 0 Å². The number of aromatic nitrogens is 3. The number of carbonyl (C=O) groups excluding carboxylic acids is 1. The van der Waals surface area contributed by atoms with Gasteiger partial charge in [0.25, 0.3) is 0 Å². The van der Waals surface area contributed by atoms with Gasteiger partial charge in [0, 0.05) is 23.8 Å². The van der Waals surface area contributed by atoms with Crippen molar-refractivity contribution in [2.45, 2.75) is 32.2 Å². The quantitative estimate of drug-likeness (QED) is 0.879. The molecule has 0 spiro atoms. The van der Waals surface area contributed by atoms with Gasteiger partial charge in [0.1, 0.15) is 23.5 Å². The van der Waals surface area contributed by atoms with Crippen molar-refractivity contribution in [3.05, 3.63) is 52.5 Å². The summed E-state index contributed by atoms with van der Waals surface area (Å²) in [6.45, 7) is 1.73. The summed E-state index contributed by atoms with van der Waals surface area (Å²) in [5.41, 5.74) is 1.66. The molecule has 118 valence electrons. The van der Waals surface area contributed by atoms with E-state index in [0.29, 0.717) is 35.8 Å². The van der Waals surface area contributed by atoms with Gasteiger partial charge in [0.2, 0.25) is 5.95 Å². The SMILES string of the molecule is Cc1nc2n(n1)[C@@H](c1cc(F)cc(F)c1)C1=C(CCCC1=O)N2. The van der Waals surface area contributed by atoms with Crippen molar-refractivity contribution in [1.82, 2.24) is 14.8 Å². The highest BCUT2D eigenvalue weighted by atomic mass is 19.1. The number of anilines is 1. The minimum Gasteiger partial charge on any atom is -0.328 e. The van der Waals surface area contributed by atoms with Crippen molar-refractivity contribution >= 4 is 11.7 Å². The summed E-state index contributed by atoms with van der Waals surface area (Å²) in [5.74, 6) is -0.357. The molecule has 1 aromatic carbocycles. The molecule has 0 radical (unpaired) electrons. The van der Waals surface area contributed by atoms with Crippen molar-refractivity contribution in [1.29, 1.82) is 0 Å². The van der Waals surface area contributed by atoms with Gasteiger partial charge in [-0.25, -0.2) is 13.5 Å². The van der Waals surface area contributed by atoms with Gasteiger partial charge in [0.05, 0.1) is 0 Å². The second-order valence-electron chi connectivity index (χ2n) is 5.83. The summed E-state index contributed by atoms with van der Waals surface area (Å²) in [6.07, 6.45) is 1.89. The molecule has 1 N–H and O–H groups in total. The molecule has 0 unspecified atom stereocenters. The number of ketones is 1. The molecular weight excluding hydrogens is 302 g/mol. The Kier molecular flexibility index (Phi) is 3.04. The van der Waals surface area contributed by atoms with E-state index in [1.54, 1.807) is 6.92 Å². The van der Waals surface area contributed by atoms with Crippen LogP contribution >= 0.6 is 0 Å². The normalized spacial score (nSPS) is 20.1. The molecule has 2 aromatic rings. The first-order valence-electron chi connectivity index (χ1n) is 7.45. The van der Waals surface area contributed by atoms with E-state index in [-0.39, 0.29) is 5.78 Å². The number of aryl methyl sites for hydroxylation is 1. The maximum absolute atomic E-state index is 13.7. The molecule has 0 saturated carbocycles. The van der Waals surface area contributed by atoms with Gasteiger partial charge < -0.3 is 5.32 Å². The van der Waals surface area contributed by atoms with Gasteiger partial charge in [-0.2, -0.15) is 10.1 Å². The highest BCUT2D eigenvalue weighted by Crippen LogP contribution is 2.40. The molecule has 23 heavy (non-hydrogen) atoms. The Balaban J connectivity index is 1.96. The van der Waals surface area contributed by atoms with Crippen LogP contribution in [0, 0.1) is 18.6 Å². The predicted octanol–water partition coefficient (Wildman–Crippen LogP) is 2.89. The maximum Gasteiger partial charge on any atom is 0.226 e. The number of rotatable bonds is 1. The standard InChI is InChI=1S/C16H14F2N4O/c1-8-19-16-20-12-3-2-4-13(23)14(12)15(22(16)21-8)9-5-10(17)7-11(18)6-9/h5-7,15H,2-4H2,1H3,(H,19,20,21)/t15-/m0/s1. The molecule has 1 aliphatic carbocycles. The third-order valence-electron chi connectivity index (χ3n) is 4.17. The maximum atomic E-state index is 13.7. The molecule has 0 bridgehead atoms. The van der Waals surface area contributed by atoms with Gasteiger partial charge in [-0.05, 0) is 37.5 Å². The number of carbonyl (C=O) groups is 1. The molecule has 2 aliphatic rings. The van der Waals surface area contributed by atoms with Gasteiger partial charge in [-0.3, -0.25) is 4.79 Å². The predicted molar refractivity (Wildman–Crippen MR) is 78.8 cm³/mol. The summed E-state index contributed by atoms with van der Waals surface area (Å²) in [6, 6.07) is 2.65. The lowest BCUT2D eigenvalue weighted by atomic mass is 9.85. The summed E-state index contributed by atoms with van der Waals surface area (Å²) in [5, 5.41) is 7.45. The van der Waals surface area contributed by atoms with E-state index in [4.69, 9.17) is 0 Å². The summed E-state index contributed by atoms with van der Waals surface area (Å²) < 4.78 is 28.9. The lowest BCUT2D eigenvalue weighted by molar-refractivity contribution is -0.116. The second kappa shape index (κ2) is 4.97. The van der Waals surface area contributed by atoms with Gasteiger partial charge in [0.15, 0.2) is 5.78 Å². The highest BCUT2D eigenvalue weighted by Gasteiger charge is 2.36. The molecule has 0 fully saturated rings. The number of hydrogen-bond donors (Lipinski definition) is 1. The van der Waals surface area contributed by atoms with Crippen LogP contribution in [0.4, 0.5) is 14.7 Å². The zero-order valence-corrected chi connectivity index (χ0v) is 12.4. The molecule has 5 nitrogen and oxygen atoms in total. The Bertz CT molecular complexity index is 836. The Labute approximate surface area is 131 Å². The smallest absolute Gasteiger partial charge is 0.226 e. The summed E-state index contributed by atoms with van der Waals surface area (Å²) >= 11 is 0. The average Bonchev–Trinajstić information content (AvgIpc) is 2.84. The monoisotopic (exact) mass is 316 g/mol. The Morgan fingerprint density at radius 2 is 1.96 bits per heavy atom. The molecule has 2 heterocycles. The van der Waals surface area contributed by atoms with Crippen LogP contribution in [0.5, 0.6) is 0 Å². The molecular formula is C16H14F2N4O. The van der Waals surface area contributed by atoms with E-state index in [0.717, 1.165) is 18.2 Å². The van der Waals surface area contributed by atoms with Gasteiger partial charge in [-0.1, -0.05) is 0 Å². The van der Waals surface area contributed by atoms with Gasteiger partial charge >= 0.3 is 0 Å². The first-order chi connectivity index (χ1) is 11.0. The van der Waals surface area contributed by atoms with Crippen molar-refractivity contribution in [2.24, 2.45) is 0 Å². The fourth-order valence-corrected chi connectivity index (χ4v) is 3.30. The van der Waals surface area contributed by atoms with Gasteiger partial charge in [-0.15, -0.1) is 0 Å². The van der Waals surface area contributed by atoms with Crippen LogP contribution in [0.1, 0.15) is 36.7 Å². The summed E-state index contributed by atoms with van der Waals surface area (Å²) in [4.78, 5) is 16.7. The topological polar surface area (TPSA) is 59.8 Å². The molecule has 4 rings (SSSR count). The average molecular weight is 316 g/mol. The first-order valence-corrected chi connectivity index (χ1v) is 7.45. The third kappa shape index (κ3) is 2.23. The van der Waals surface area contributed by atoms with E-state index in [1.807, 2.05) is 0 Å². The first kappa shape index (κ1) is 14.0. The number of allylic oxidation sites excluding steroid dienone is 2. The Hall–Kier alpha value is -2.57. The fourth-order valence-electron chi connectivity index (χ4n) is 3.30. The number of nitrogens with zero attached hydrogens (tertiary/aromatic N) is 3. The minimum atomic E-state index is -0.678. The molecule has 1 atom stereocenters. The van der Waals surface area contributed by atoms with E-state index in [1.165, 1.54) is 16.8 Å². The van der Waals surface area contributed by atoms with Crippen LogP contribution in [0.25, 0.3) is 0 Å². The number of benzene rings is 1. The third-order valence-corrected chi connectivity index (χ3v) is 4.17. The van der Waals surface area contributed by atoms with Crippen LogP contribution < -0.4 is 5.32 Å². The van der Waals surface area contributed by atoms with Crippen LogP contribution in [0.15, 0.2) is 29.5 Å².